The Hall–Kier alpha value is -1.76. The van der Waals surface area contributed by atoms with Crippen LogP contribution in [0.3, 0.4) is 0 Å². The molecule has 138 valence electrons. The molecule has 6 nitrogen and oxygen atoms in total. The van der Waals surface area contributed by atoms with Gasteiger partial charge >= 0.3 is 0 Å². The summed E-state index contributed by atoms with van der Waals surface area (Å²) in [6.45, 7) is 4.86. The van der Waals surface area contributed by atoms with Crippen LogP contribution in [0.25, 0.3) is 0 Å². The number of hydrogen-bond acceptors (Lipinski definition) is 5. The number of piperidine rings is 1. The van der Waals surface area contributed by atoms with Gasteiger partial charge in [-0.2, -0.15) is 0 Å². The fourth-order valence-corrected chi connectivity index (χ4v) is 5.24. The molecule has 4 aliphatic heterocycles. The van der Waals surface area contributed by atoms with Crippen molar-refractivity contribution in [2.24, 2.45) is 0 Å². The highest BCUT2D eigenvalue weighted by molar-refractivity contribution is 6.00. The van der Waals surface area contributed by atoms with E-state index >= 15 is 0 Å². The first-order valence-corrected chi connectivity index (χ1v) is 9.83. The lowest BCUT2D eigenvalue weighted by atomic mass is 10.0. The standard InChI is InChI=1S/C20H26N4O2/c25-19-7-6-18(20(26)22-19)23-10-13-2-1-3-14(17(13)12-23)11-24-15-4-5-16(24)9-21-8-15/h1-3,15-16,18,21H,4-12H2,(H,22,25,26). The van der Waals surface area contributed by atoms with Crippen molar-refractivity contribution in [1.82, 2.24) is 20.4 Å². The fourth-order valence-electron chi connectivity index (χ4n) is 5.24. The predicted octanol–water partition coefficient (Wildman–Crippen LogP) is 0.744. The average Bonchev–Trinajstić information content (AvgIpc) is 3.13. The fraction of sp³-hybridized carbons (Fsp3) is 0.600. The van der Waals surface area contributed by atoms with Gasteiger partial charge in [-0.3, -0.25) is 24.7 Å². The second-order valence-electron chi connectivity index (χ2n) is 8.14. The first-order valence-electron chi connectivity index (χ1n) is 9.83. The highest BCUT2D eigenvalue weighted by atomic mass is 16.2. The minimum Gasteiger partial charge on any atom is -0.314 e. The number of fused-ring (bicyclic) bond motifs is 3. The predicted molar refractivity (Wildman–Crippen MR) is 97.1 cm³/mol. The number of amides is 2. The maximum absolute atomic E-state index is 12.3. The van der Waals surface area contributed by atoms with Gasteiger partial charge in [0.05, 0.1) is 6.04 Å². The van der Waals surface area contributed by atoms with E-state index in [1.807, 2.05) is 0 Å². The Bertz CT molecular complexity index is 733. The van der Waals surface area contributed by atoms with Crippen LogP contribution < -0.4 is 10.6 Å². The van der Waals surface area contributed by atoms with E-state index < -0.39 is 0 Å². The molecule has 4 aliphatic rings. The Kier molecular flexibility index (Phi) is 4.07. The van der Waals surface area contributed by atoms with Gasteiger partial charge in [-0.25, -0.2) is 0 Å². The Morgan fingerprint density at radius 1 is 1.04 bits per heavy atom. The van der Waals surface area contributed by atoms with E-state index in [1.54, 1.807) is 0 Å². The van der Waals surface area contributed by atoms with Gasteiger partial charge < -0.3 is 5.32 Å². The molecule has 5 rings (SSSR count). The Labute approximate surface area is 153 Å². The number of piperazine rings is 1. The maximum atomic E-state index is 12.3. The number of hydrogen-bond donors (Lipinski definition) is 2. The highest BCUT2D eigenvalue weighted by Gasteiger charge is 2.38. The molecule has 0 aliphatic carbocycles. The van der Waals surface area contributed by atoms with Crippen LogP contribution in [-0.2, 0) is 29.2 Å². The summed E-state index contributed by atoms with van der Waals surface area (Å²) in [5.74, 6) is -0.270. The van der Waals surface area contributed by atoms with Crippen molar-refractivity contribution >= 4 is 11.8 Å². The topological polar surface area (TPSA) is 64.7 Å². The molecule has 1 aromatic rings. The van der Waals surface area contributed by atoms with Crippen molar-refractivity contribution in [3.05, 3.63) is 34.9 Å². The number of rotatable bonds is 3. The monoisotopic (exact) mass is 354 g/mol. The normalized spacial score (nSPS) is 31.9. The van der Waals surface area contributed by atoms with Crippen LogP contribution in [0, 0.1) is 0 Å². The molecule has 3 saturated heterocycles. The highest BCUT2D eigenvalue weighted by Crippen LogP contribution is 2.33. The van der Waals surface area contributed by atoms with E-state index in [1.165, 1.54) is 29.5 Å². The third kappa shape index (κ3) is 2.76. The van der Waals surface area contributed by atoms with Gasteiger partial charge in [-0.05, 0) is 36.0 Å². The zero-order valence-electron chi connectivity index (χ0n) is 15.0. The minimum atomic E-state index is -0.177. The summed E-state index contributed by atoms with van der Waals surface area (Å²) in [6, 6.07) is 7.76. The van der Waals surface area contributed by atoms with E-state index in [2.05, 4.69) is 38.6 Å². The molecule has 1 aromatic carbocycles. The van der Waals surface area contributed by atoms with Crippen LogP contribution in [0.2, 0.25) is 0 Å². The van der Waals surface area contributed by atoms with Gasteiger partial charge in [0.1, 0.15) is 0 Å². The van der Waals surface area contributed by atoms with Crippen LogP contribution in [0.1, 0.15) is 42.4 Å². The largest absolute Gasteiger partial charge is 0.314 e. The summed E-state index contributed by atoms with van der Waals surface area (Å²) in [7, 11) is 0. The lowest BCUT2D eigenvalue weighted by Gasteiger charge is -2.35. The number of carbonyl (C=O) groups excluding carboxylic acids is 2. The van der Waals surface area contributed by atoms with Crippen LogP contribution in [0.4, 0.5) is 0 Å². The summed E-state index contributed by atoms with van der Waals surface area (Å²) in [6.07, 6.45) is 3.68. The van der Waals surface area contributed by atoms with Crippen LogP contribution in [0.15, 0.2) is 18.2 Å². The Morgan fingerprint density at radius 3 is 2.62 bits per heavy atom. The first kappa shape index (κ1) is 16.4. The van der Waals surface area contributed by atoms with E-state index in [0.29, 0.717) is 24.9 Å². The summed E-state index contributed by atoms with van der Waals surface area (Å²) in [5.41, 5.74) is 4.15. The molecule has 0 radical (unpaired) electrons. The van der Waals surface area contributed by atoms with Gasteiger partial charge in [-0.1, -0.05) is 18.2 Å². The van der Waals surface area contributed by atoms with Gasteiger partial charge in [0.15, 0.2) is 0 Å². The molecule has 0 aromatic heterocycles. The number of imide groups is 1. The van der Waals surface area contributed by atoms with Crippen molar-refractivity contribution in [1.29, 1.82) is 0 Å². The number of nitrogens with one attached hydrogen (secondary N) is 2. The second-order valence-corrected chi connectivity index (χ2v) is 8.14. The molecule has 0 spiro atoms. The first-order chi connectivity index (χ1) is 12.7. The summed E-state index contributed by atoms with van der Waals surface area (Å²) in [5, 5.41) is 6.05. The van der Waals surface area contributed by atoms with Crippen molar-refractivity contribution in [3.8, 4) is 0 Å². The molecule has 0 saturated carbocycles. The van der Waals surface area contributed by atoms with Gasteiger partial charge in [0, 0.05) is 51.2 Å². The number of nitrogens with zero attached hydrogens (tertiary/aromatic N) is 2. The molecule has 3 unspecified atom stereocenters. The third-order valence-corrected chi connectivity index (χ3v) is 6.64. The molecule has 3 atom stereocenters. The zero-order chi connectivity index (χ0) is 17.7. The zero-order valence-corrected chi connectivity index (χ0v) is 15.0. The molecule has 6 heteroatoms. The Morgan fingerprint density at radius 2 is 1.85 bits per heavy atom. The second kappa shape index (κ2) is 6.44. The molecule has 2 amide bonds. The molecule has 2 bridgehead atoms. The van der Waals surface area contributed by atoms with Gasteiger partial charge in [0.2, 0.25) is 11.8 Å². The quantitative estimate of drug-likeness (QED) is 0.784. The van der Waals surface area contributed by atoms with Crippen molar-refractivity contribution in [2.45, 2.75) is 63.4 Å². The van der Waals surface area contributed by atoms with Crippen molar-refractivity contribution in [2.75, 3.05) is 13.1 Å². The third-order valence-electron chi connectivity index (χ3n) is 6.64. The maximum Gasteiger partial charge on any atom is 0.243 e. The molecule has 26 heavy (non-hydrogen) atoms. The van der Waals surface area contributed by atoms with E-state index in [0.717, 1.165) is 32.7 Å². The lowest BCUT2D eigenvalue weighted by molar-refractivity contribution is -0.137. The molecule has 3 fully saturated rings. The molecular weight excluding hydrogens is 328 g/mol. The number of benzene rings is 1. The minimum absolute atomic E-state index is 0.129. The van der Waals surface area contributed by atoms with E-state index in [-0.39, 0.29) is 17.9 Å². The Balaban J connectivity index is 1.34. The summed E-state index contributed by atoms with van der Waals surface area (Å²) >= 11 is 0. The van der Waals surface area contributed by atoms with E-state index in [4.69, 9.17) is 0 Å². The van der Waals surface area contributed by atoms with Crippen LogP contribution >= 0.6 is 0 Å². The molecular formula is C20H26N4O2. The number of carbonyl (C=O) groups is 2. The summed E-state index contributed by atoms with van der Waals surface area (Å²) in [4.78, 5) is 28.6. The van der Waals surface area contributed by atoms with Gasteiger partial charge in [-0.15, -0.1) is 0 Å². The van der Waals surface area contributed by atoms with Crippen LogP contribution in [-0.4, -0.2) is 52.8 Å². The van der Waals surface area contributed by atoms with Crippen LogP contribution in [0.5, 0.6) is 0 Å². The molecule has 2 N–H and O–H groups in total. The van der Waals surface area contributed by atoms with Crippen molar-refractivity contribution < 1.29 is 9.59 Å². The van der Waals surface area contributed by atoms with Gasteiger partial charge in [0.25, 0.3) is 0 Å². The lowest BCUT2D eigenvalue weighted by Crippen LogP contribution is -2.51. The molecule has 4 heterocycles. The summed E-state index contributed by atoms with van der Waals surface area (Å²) < 4.78 is 0. The van der Waals surface area contributed by atoms with E-state index in [9.17, 15) is 9.59 Å². The SMILES string of the molecule is O=C1CCC(N2Cc3cccc(CN4C5CCC4CNC5)c3C2)C(=O)N1. The van der Waals surface area contributed by atoms with Crippen molar-refractivity contribution in [3.63, 3.8) is 0 Å². The smallest absolute Gasteiger partial charge is 0.243 e. The average molecular weight is 354 g/mol.